The third-order valence-electron chi connectivity index (χ3n) is 6.14. The molecule has 0 aliphatic rings. The molecule has 0 aliphatic heterocycles. The molecule has 2 N–H and O–H groups in total. The molecule has 0 saturated heterocycles. The number of aliphatic carboxylic acids is 1. The first-order valence-electron chi connectivity index (χ1n) is 11.8. The normalized spacial score (nSPS) is 12.0. The van der Waals surface area contributed by atoms with Gasteiger partial charge in [-0.3, -0.25) is 4.79 Å². The summed E-state index contributed by atoms with van der Waals surface area (Å²) in [7, 11) is 0. The number of benzene rings is 4. The second-order valence-electron chi connectivity index (χ2n) is 10.2. The van der Waals surface area contributed by atoms with Crippen molar-refractivity contribution < 1.29 is 19.4 Å². The Balaban J connectivity index is 1.69. The van der Waals surface area contributed by atoms with Crippen LogP contribution in [0.25, 0.3) is 21.5 Å². The zero-order valence-electron chi connectivity index (χ0n) is 20.4. The molecule has 4 aromatic carbocycles. The van der Waals surface area contributed by atoms with Crippen LogP contribution in [0.3, 0.4) is 0 Å². The number of carbonyl (C=O) groups is 2. The largest absolute Gasteiger partial charge is 0.481 e. The standard InChI is InChI=1S/C30H31NO4/c1-29(2,3)35-28(34)31-20-30(27(32)33,18-21-12-14-23-8-4-6-10-25(23)16-21)19-22-13-15-24-9-5-7-11-26(24)17-22/h4-17H,18-20H2,1-3H3,(H,31,34)(H,32,33). The van der Waals surface area contributed by atoms with E-state index in [0.717, 1.165) is 32.7 Å². The second kappa shape index (κ2) is 9.79. The van der Waals surface area contributed by atoms with Crippen molar-refractivity contribution in [3.05, 3.63) is 96.1 Å². The van der Waals surface area contributed by atoms with Crippen LogP contribution in [0.4, 0.5) is 4.79 Å². The van der Waals surface area contributed by atoms with Crippen LogP contribution in [0.15, 0.2) is 84.9 Å². The number of carbonyl (C=O) groups excluding carboxylic acids is 1. The molecule has 0 radical (unpaired) electrons. The van der Waals surface area contributed by atoms with E-state index in [4.69, 9.17) is 4.74 Å². The molecule has 0 aromatic heterocycles. The van der Waals surface area contributed by atoms with Gasteiger partial charge in [-0.2, -0.15) is 0 Å². The lowest BCUT2D eigenvalue weighted by Crippen LogP contribution is -2.47. The van der Waals surface area contributed by atoms with E-state index in [-0.39, 0.29) is 19.4 Å². The van der Waals surface area contributed by atoms with Gasteiger partial charge in [-0.05, 0) is 66.3 Å². The molecule has 0 atom stereocenters. The Morgan fingerprint density at radius 3 is 1.63 bits per heavy atom. The van der Waals surface area contributed by atoms with Gasteiger partial charge >= 0.3 is 12.1 Å². The second-order valence-corrected chi connectivity index (χ2v) is 10.2. The van der Waals surface area contributed by atoms with E-state index in [1.807, 2.05) is 84.9 Å². The molecule has 0 aliphatic carbocycles. The number of amides is 1. The van der Waals surface area contributed by atoms with Gasteiger partial charge in [0.25, 0.3) is 0 Å². The molecular weight excluding hydrogens is 438 g/mol. The number of hydrogen-bond donors (Lipinski definition) is 2. The van der Waals surface area contributed by atoms with Crippen molar-refractivity contribution >= 4 is 33.6 Å². The van der Waals surface area contributed by atoms with E-state index in [1.54, 1.807) is 20.8 Å². The summed E-state index contributed by atoms with van der Waals surface area (Å²) in [5.74, 6) is -0.963. The minimum Gasteiger partial charge on any atom is -0.481 e. The first-order chi connectivity index (χ1) is 16.6. The van der Waals surface area contributed by atoms with E-state index in [1.165, 1.54) is 0 Å². The van der Waals surface area contributed by atoms with Crippen LogP contribution >= 0.6 is 0 Å². The molecular formula is C30H31NO4. The minimum absolute atomic E-state index is 0.0586. The Bertz CT molecular complexity index is 1290. The summed E-state index contributed by atoms with van der Waals surface area (Å²) in [5.41, 5.74) is -0.134. The fraction of sp³-hybridized carbons (Fsp3) is 0.267. The predicted octanol–water partition coefficient (Wildman–Crippen LogP) is 6.37. The molecule has 0 fully saturated rings. The van der Waals surface area contributed by atoms with Crippen LogP contribution in [0.2, 0.25) is 0 Å². The van der Waals surface area contributed by atoms with Gasteiger partial charge in [0.05, 0.1) is 5.41 Å². The van der Waals surface area contributed by atoms with Crippen molar-refractivity contribution in [1.82, 2.24) is 5.32 Å². The first kappa shape index (κ1) is 24.3. The summed E-state index contributed by atoms with van der Waals surface area (Å²) in [6, 6.07) is 28.0. The maximum atomic E-state index is 12.9. The topological polar surface area (TPSA) is 75.6 Å². The summed E-state index contributed by atoms with van der Waals surface area (Å²) >= 11 is 0. The zero-order valence-corrected chi connectivity index (χ0v) is 20.4. The highest BCUT2D eigenvalue weighted by Gasteiger charge is 2.40. The number of rotatable bonds is 7. The third-order valence-corrected chi connectivity index (χ3v) is 6.14. The van der Waals surface area contributed by atoms with Gasteiger partial charge in [-0.1, -0.05) is 84.9 Å². The number of hydrogen-bond acceptors (Lipinski definition) is 3. The van der Waals surface area contributed by atoms with Crippen LogP contribution in [0.1, 0.15) is 31.9 Å². The molecule has 0 heterocycles. The fourth-order valence-electron chi connectivity index (χ4n) is 4.45. The van der Waals surface area contributed by atoms with E-state index >= 15 is 0 Å². The van der Waals surface area contributed by atoms with E-state index in [2.05, 4.69) is 5.32 Å². The highest BCUT2D eigenvalue weighted by molar-refractivity contribution is 5.85. The summed E-state index contributed by atoms with van der Waals surface area (Å²) in [5, 5.41) is 17.6. The monoisotopic (exact) mass is 469 g/mol. The van der Waals surface area contributed by atoms with Gasteiger partial charge in [-0.25, -0.2) is 4.79 Å². The number of fused-ring (bicyclic) bond motifs is 2. The molecule has 0 spiro atoms. The van der Waals surface area contributed by atoms with Gasteiger partial charge in [-0.15, -0.1) is 0 Å². The third kappa shape index (κ3) is 5.99. The van der Waals surface area contributed by atoms with Crippen LogP contribution in [0, 0.1) is 5.41 Å². The van der Waals surface area contributed by atoms with Gasteiger partial charge in [0.15, 0.2) is 0 Å². The maximum absolute atomic E-state index is 12.9. The smallest absolute Gasteiger partial charge is 0.407 e. The van der Waals surface area contributed by atoms with Gasteiger partial charge in [0.1, 0.15) is 5.60 Å². The van der Waals surface area contributed by atoms with E-state index < -0.39 is 23.1 Å². The SMILES string of the molecule is CC(C)(C)OC(=O)NCC(Cc1ccc2ccccc2c1)(Cc1ccc2ccccc2c1)C(=O)O. The summed E-state index contributed by atoms with van der Waals surface area (Å²) < 4.78 is 5.39. The van der Waals surface area contributed by atoms with Crippen molar-refractivity contribution in [3.8, 4) is 0 Å². The molecule has 4 aromatic rings. The van der Waals surface area contributed by atoms with E-state index in [0.29, 0.717) is 0 Å². The molecule has 35 heavy (non-hydrogen) atoms. The lowest BCUT2D eigenvalue weighted by Gasteiger charge is -2.31. The lowest BCUT2D eigenvalue weighted by molar-refractivity contribution is -0.148. The highest BCUT2D eigenvalue weighted by atomic mass is 16.6. The lowest BCUT2D eigenvalue weighted by atomic mass is 9.76. The summed E-state index contributed by atoms with van der Waals surface area (Å²) in [6.45, 7) is 5.28. The number of carboxylic acids is 1. The van der Waals surface area contributed by atoms with Crippen molar-refractivity contribution in [1.29, 1.82) is 0 Å². The number of ether oxygens (including phenoxy) is 1. The zero-order chi connectivity index (χ0) is 25.1. The van der Waals surface area contributed by atoms with Crippen LogP contribution < -0.4 is 5.32 Å². The molecule has 0 bridgehead atoms. The first-order valence-corrected chi connectivity index (χ1v) is 11.8. The summed E-state index contributed by atoms with van der Waals surface area (Å²) in [4.78, 5) is 25.3. The van der Waals surface area contributed by atoms with Crippen molar-refractivity contribution in [2.75, 3.05) is 6.54 Å². The van der Waals surface area contributed by atoms with Crippen molar-refractivity contribution in [2.45, 2.75) is 39.2 Å². The minimum atomic E-state index is -1.26. The number of alkyl carbamates (subject to hydrolysis) is 1. The van der Waals surface area contributed by atoms with Crippen LogP contribution in [-0.4, -0.2) is 29.3 Å². The van der Waals surface area contributed by atoms with Crippen molar-refractivity contribution in [3.63, 3.8) is 0 Å². The predicted molar refractivity (Wildman–Crippen MR) is 140 cm³/mol. The van der Waals surface area contributed by atoms with Gasteiger partial charge in [0.2, 0.25) is 0 Å². The Morgan fingerprint density at radius 1 is 0.743 bits per heavy atom. The van der Waals surface area contributed by atoms with E-state index in [9.17, 15) is 14.7 Å². The molecule has 0 saturated carbocycles. The van der Waals surface area contributed by atoms with Gasteiger partial charge < -0.3 is 15.2 Å². The van der Waals surface area contributed by atoms with Gasteiger partial charge in [0, 0.05) is 6.54 Å². The Morgan fingerprint density at radius 2 is 1.20 bits per heavy atom. The molecule has 4 rings (SSSR count). The Labute approximate surface area is 205 Å². The maximum Gasteiger partial charge on any atom is 0.407 e. The molecule has 5 heteroatoms. The highest BCUT2D eigenvalue weighted by Crippen LogP contribution is 2.31. The van der Waals surface area contributed by atoms with Crippen molar-refractivity contribution in [2.24, 2.45) is 5.41 Å². The quantitative estimate of drug-likeness (QED) is 0.330. The van der Waals surface area contributed by atoms with Crippen LogP contribution in [0.5, 0.6) is 0 Å². The average Bonchev–Trinajstić information content (AvgIpc) is 2.81. The molecule has 180 valence electrons. The number of nitrogens with one attached hydrogen (secondary N) is 1. The average molecular weight is 470 g/mol. The summed E-state index contributed by atoms with van der Waals surface area (Å²) in [6.07, 6.45) is -0.105. The number of carboxylic acid groups (broad SMARTS) is 1. The molecule has 0 unspecified atom stereocenters. The molecule has 1 amide bonds. The Hall–Kier alpha value is -3.86. The van der Waals surface area contributed by atoms with Crippen LogP contribution in [-0.2, 0) is 22.4 Å². The Kier molecular flexibility index (Phi) is 6.79. The fourth-order valence-corrected chi connectivity index (χ4v) is 4.45. The molecule has 5 nitrogen and oxygen atoms in total.